The molecule has 0 atom stereocenters. The van der Waals surface area contributed by atoms with Crippen LogP contribution in [0, 0.1) is 0 Å². The average Bonchev–Trinajstić information content (AvgIpc) is 2.85. The molecule has 0 saturated heterocycles. The summed E-state index contributed by atoms with van der Waals surface area (Å²) in [5.74, 6) is -0.315. The molecule has 4 nitrogen and oxygen atoms in total. The SMILES string of the molecule is COC(=O)c1ccc(CNC2(C)CCCCC2)[nH]1. The van der Waals surface area contributed by atoms with Gasteiger partial charge in [0, 0.05) is 17.8 Å². The van der Waals surface area contributed by atoms with Crippen LogP contribution in [-0.4, -0.2) is 23.6 Å². The van der Waals surface area contributed by atoms with Crippen LogP contribution in [0.15, 0.2) is 12.1 Å². The van der Waals surface area contributed by atoms with Crippen molar-refractivity contribution in [1.29, 1.82) is 0 Å². The molecule has 100 valence electrons. The van der Waals surface area contributed by atoms with E-state index in [9.17, 15) is 4.79 Å². The number of aromatic nitrogens is 1. The lowest BCUT2D eigenvalue weighted by Gasteiger charge is -2.34. The van der Waals surface area contributed by atoms with E-state index in [2.05, 4.69) is 22.0 Å². The van der Waals surface area contributed by atoms with Gasteiger partial charge in [0.2, 0.25) is 0 Å². The Kier molecular flexibility index (Phi) is 4.07. The number of aromatic amines is 1. The van der Waals surface area contributed by atoms with Gasteiger partial charge in [-0.2, -0.15) is 0 Å². The lowest BCUT2D eigenvalue weighted by Crippen LogP contribution is -2.43. The largest absolute Gasteiger partial charge is 0.464 e. The summed E-state index contributed by atoms with van der Waals surface area (Å²) in [6.07, 6.45) is 6.44. The van der Waals surface area contributed by atoms with Crippen LogP contribution in [-0.2, 0) is 11.3 Å². The molecule has 0 radical (unpaired) electrons. The molecule has 2 N–H and O–H groups in total. The Morgan fingerprint density at radius 2 is 2.11 bits per heavy atom. The molecule has 4 heteroatoms. The van der Waals surface area contributed by atoms with Crippen LogP contribution in [0.4, 0.5) is 0 Å². The van der Waals surface area contributed by atoms with E-state index in [1.54, 1.807) is 6.07 Å². The molecule has 0 spiro atoms. The van der Waals surface area contributed by atoms with Crippen LogP contribution in [0.25, 0.3) is 0 Å². The number of methoxy groups -OCH3 is 1. The number of ether oxygens (including phenoxy) is 1. The summed E-state index contributed by atoms with van der Waals surface area (Å²) >= 11 is 0. The molecule has 1 aliphatic carbocycles. The topological polar surface area (TPSA) is 54.1 Å². The van der Waals surface area contributed by atoms with E-state index in [1.807, 2.05) is 6.07 Å². The minimum absolute atomic E-state index is 0.245. The van der Waals surface area contributed by atoms with Crippen LogP contribution >= 0.6 is 0 Å². The number of hydrogen-bond donors (Lipinski definition) is 2. The van der Waals surface area contributed by atoms with Crippen molar-refractivity contribution in [2.24, 2.45) is 0 Å². The maximum atomic E-state index is 11.3. The molecule has 1 saturated carbocycles. The lowest BCUT2D eigenvalue weighted by atomic mass is 9.83. The number of hydrogen-bond acceptors (Lipinski definition) is 3. The van der Waals surface area contributed by atoms with E-state index in [0.717, 1.165) is 12.2 Å². The molecule has 0 aromatic carbocycles. The van der Waals surface area contributed by atoms with Gasteiger partial charge in [-0.25, -0.2) is 4.79 Å². The van der Waals surface area contributed by atoms with Crippen molar-refractivity contribution in [3.63, 3.8) is 0 Å². The van der Waals surface area contributed by atoms with Gasteiger partial charge in [0.15, 0.2) is 0 Å². The molecule has 0 amide bonds. The fraction of sp³-hybridized carbons (Fsp3) is 0.643. The van der Waals surface area contributed by atoms with Crippen molar-refractivity contribution in [3.8, 4) is 0 Å². The number of H-pyrrole nitrogens is 1. The number of carbonyl (C=O) groups excluding carboxylic acids is 1. The minimum atomic E-state index is -0.315. The van der Waals surface area contributed by atoms with Crippen LogP contribution in [0.2, 0.25) is 0 Å². The highest BCUT2D eigenvalue weighted by Gasteiger charge is 2.25. The van der Waals surface area contributed by atoms with Crippen molar-refractivity contribution < 1.29 is 9.53 Å². The van der Waals surface area contributed by atoms with Crippen molar-refractivity contribution in [2.45, 2.75) is 51.1 Å². The maximum absolute atomic E-state index is 11.3. The van der Waals surface area contributed by atoms with E-state index < -0.39 is 0 Å². The van der Waals surface area contributed by atoms with Gasteiger partial charge >= 0.3 is 5.97 Å². The van der Waals surface area contributed by atoms with Gasteiger partial charge in [-0.1, -0.05) is 19.3 Å². The molecule has 1 fully saturated rings. The van der Waals surface area contributed by atoms with Crippen LogP contribution < -0.4 is 5.32 Å². The second-order valence-corrected chi connectivity index (χ2v) is 5.36. The Labute approximate surface area is 108 Å². The molecule has 0 unspecified atom stereocenters. The molecule has 18 heavy (non-hydrogen) atoms. The normalized spacial score (nSPS) is 18.6. The molecular weight excluding hydrogens is 228 g/mol. The molecule has 0 aliphatic heterocycles. The summed E-state index contributed by atoms with van der Waals surface area (Å²) < 4.78 is 4.67. The number of nitrogens with one attached hydrogen (secondary N) is 2. The van der Waals surface area contributed by atoms with Crippen LogP contribution in [0.1, 0.15) is 55.2 Å². The van der Waals surface area contributed by atoms with Crippen LogP contribution in [0.5, 0.6) is 0 Å². The summed E-state index contributed by atoms with van der Waals surface area (Å²) in [6.45, 7) is 3.06. The monoisotopic (exact) mass is 250 g/mol. The zero-order valence-electron chi connectivity index (χ0n) is 11.2. The fourth-order valence-electron chi connectivity index (χ4n) is 2.59. The number of esters is 1. The smallest absolute Gasteiger partial charge is 0.354 e. The van der Waals surface area contributed by atoms with Gasteiger partial charge in [-0.3, -0.25) is 0 Å². The zero-order valence-corrected chi connectivity index (χ0v) is 11.2. The predicted molar refractivity (Wildman–Crippen MR) is 70.5 cm³/mol. The Balaban J connectivity index is 1.89. The second kappa shape index (κ2) is 5.57. The molecule has 1 heterocycles. The quantitative estimate of drug-likeness (QED) is 0.808. The molecule has 1 aliphatic rings. The zero-order chi connectivity index (χ0) is 13.0. The van der Waals surface area contributed by atoms with E-state index >= 15 is 0 Å². The van der Waals surface area contributed by atoms with Crippen LogP contribution in [0.3, 0.4) is 0 Å². The van der Waals surface area contributed by atoms with Gasteiger partial charge in [0.1, 0.15) is 5.69 Å². The Hall–Kier alpha value is -1.29. The van der Waals surface area contributed by atoms with Crippen molar-refractivity contribution in [1.82, 2.24) is 10.3 Å². The first-order valence-electron chi connectivity index (χ1n) is 6.64. The highest BCUT2D eigenvalue weighted by atomic mass is 16.5. The summed E-state index contributed by atoms with van der Waals surface area (Å²) in [4.78, 5) is 14.4. The third kappa shape index (κ3) is 3.13. The fourth-order valence-corrected chi connectivity index (χ4v) is 2.59. The molecule has 0 bridgehead atoms. The molecule has 1 aromatic rings. The van der Waals surface area contributed by atoms with E-state index in [0.29, 0.717) is 5.69 Å². The lowest BCUT2D eigenvalue weighted by molar-refractivity contribution is 0.0594. The first-order valence-corrected chi connectivity index (χ1v) is 6.64. The minimum Gasteiger partial charge on any atom is -0.464 e. The highest BCUT2D eigenvalue weighted by Crippen LogP contribution is 2.27. The number of carbonyl (C=O) groups is 1. The standard InChI is InChI=1S/C14H22N2O2/c1-14(8-4-3-5-9-14)15-10-11-6-7-12(16-11)13(17)18-2/h6-7,15-16H,3-5,8-10H2,1-2H3. The van der Waals surface area contributed by atoms with Gasteiger partial charge < -0.3 is 15.0 Å². The molecule has 2 rings (SSSR count). The van der Waals surface area contributed by atoms with Crippen molar-refractivity contribution in [3.05, 3.63) is 23.5 Å². The molecule has 1 aromatic heterocycles. The van der Waals surface area contributed by atoms with Gasteiger partial charge in [-0.15, -0.1) is 0 Å². The van der Waals surface area contributed by atoms with Crippen molar-refractivity contribution in [2.75, 3.05) is 7.11 Å². The Morgan fingerprint density at radius 1 is 1.39 bits per heavy atom. The molecular formula is C14H22N2O2. The first kappa shape index (κ1) is 13.1. The predicted octanol–water partition coefficient (Wildman–Crippen LogP) is 2.61. The second-order valence-electron chi connectivity index (χ2n) is 5.36. The Morgan fingerprint density at radius 3 is 2.78 bits per heavy atom. The van der Waals surface area contributed by atoms with Crippen molar-refractivity contribution >= 4 is 5.97 Å². The Bertz CT molecular complexity index is 406. The van der Waals surface area contributed by atoms with Gasteiger partial charge in [0.25, 0.3) is 0 Å². The maximum Gasteiger partial charge on any atom is 0.354 e. The first-order chi connectivity index (χ1) is 8.63. The summed E-state index contributed by atoms with van der Waals surface area (Å²) in [5.41, 5.74) is 1.79. The van der Waals surface area contributed by atoms with Gasteiger partial charge in [0.05, 0.1) is 7.11 Å². The van der Waals surface area contributed by atoms with E-state index in [-0.39, 0.29) is 11.5 Å². The highest BCUT2D eigenvalue weighted by molar-refractivity contribution is 5.87. The summed E-state index contributed by atoms with van der Waals surface area (Å²) in [6, 6.07) is 3.71. The summed E-state index contributed by atoms with van der Waals surface area (Å²) in [5, 5.41) is 3.60. The number of rotatable bonds is 4. The third-order valence-electron chi connectivity index (χ3n) is 3.81. The third-order valence-corrected chi connectivity index (χ3v) is 3.81. The summed E-state index contributed by atoms with van der Waals surface area (Å²) in [7, 11) is 1.39. The van der Waals surface area contributed by atoms with E-state index in [4.69, 9.17) is 0 Å². The van der Waals surface area contributed by atoms with Gasteiger partial charge in [-0.05, 0) is 31.9 Å². The van der Waals surface area contributed by atoms with E-state index in [1.165, 1.54) is 39.2 Å². The average molecular weight is 250 g/mol.